The van der Waals surface area contributed by atoms with E-state index in [4.69, 9.17) is 0 Å². The van der Waals surface area contributed by atoms with Crippen LogP contribution in [0.4, 0.5) is 0 Å². The molecule has 2 heterocycles. The molecule has 0 bridgehead atoms. The molecule has 4 nitrogen and oxygen atoms in total. The molecule has 0 spiro atoms. The number of hydrogen-bond donors (Lipinski definition) is 2. The number of nitrogens with zero attached hydrogens (tertiary/aromatic N) is 1. The Hall–Kier alpha value is -1.10. The Morgan fingerprint density at radius 3 is 2.84 bits per heavy atom. The van der Waals surface area contributed by atoms with Crippen LogP contribution in [0.3, 0.4) is 0 Å². The summed E-state index contributed by atoms with van der Waals surface area (Å²) in [6, 6.07) is 11.5. The van der Waals surface area contributed by atoms with Gasteiger partial charge >= 0.3 is 0 Å². The molecule has 1 amide bonds. The van der Waals surface area contributed by atoms with Crippen LogP contribution in [-0.2, 0) is 11.3 Å². The Labute approximate surface area is 158 Å². The largest absolute Gasteiger partial charge is 0.353 e. The van der Waals surface area contributed by atoms with E-state index in [-0.39, 0.29) is 24.4 Å². The van der Waals surface area contributed by atoms with Crippen LogP contribution < -0.4 is 10.6 Å². The minimum Gasteiger partial charge on any atom is -0.353 e. The molecule has 1 aromatic carbocycles. The highest BCUT2D eigenvalue weighted by atomic mass is 35.5. The summed E-state index contributed by atoms with van der Waals surface area (Å²) >= 11 is 0. The first-order valence-electron chi connectivity index (χ1n) is 9.50. The van der Waals surface area contributed by atoms with Crippen molar-refractivity contribution < 1.29 is 4.79 Å². The van der Waals surface area contributed by atoms with E-state index in [0.29, 0.717) is 18.4 Å². The van der Waals surface area contributed by atoms with Gasteiger partial charge in [0.05, 0.1) is 0 Å². The number of halogens is 1. The molecule has 5 heteroatoms. The van der Waals surface area contributed by atoms with Crippen LogP contribution in [0.5, 0.6) is 0 Å². The normalized spacial score (nSPS) is 24.7. The smallest absolute Gasteiger partial charge is 0.220 e. The summed E-state index contributed by atoms with van der Waals surface area (Å²) in [5, 5.41) is 6.70. The van der Waals surface area contributed by atoms with Gasteiger partial charge in [-0.25, -0.2) is 0 Å². The Morgan fingerprint density at radius 1 is 1.32 bits per heavy atom. The fourth-order valence-electron chi connectivity index (χ4n) is 4.01. The second kappa shape index (κ2) is 10.1. The van der Waals surface area contributed by atoms with Gasteiger partial charge in [-0.1, -0.05) is 30.3 Å². The molecular weight excluding hydrogens is 334 g/mol. The Bertz CT molecular complexity index is 519. The molecule has 2 fully saturated rings. The van der Waals surface area contributed by atoms with Crippen molar-refractivity contribution in [1.29, 1.82) is 0 Å². The van der Waals surface area contributed by atoms with E-state index in [1.165, 1.54) is 24.8 Å². The Morgan fingerprint density at radius 2 is 2.12 bits per heavy atom. The van der Waals surface area contributed by atoms with Gasteiger partial charge in [0, 0.05) is 31.6 Å². The fraction of sp³-hybridized carbons (Fsp3) is 0.650. The number of rotatable bonds is 7. The van der Waals surface area contributed by atoms with Crippen LogP contribution >= 0.6 is 12.4 Å². The maximum absolute atomic E-state index is 12.2. The molecule has 3 unspecified atom stereocenters. The van der Waals surface area contributed by atoms with Gasteiger partial charge in [0.15, 0.2) is 0 Å². The number of nitrogens with one attached hydrogen (secondary N) is 2. The van der Waals surface area contributed by atoms with Crippen molar-refractivity contribution in [3.63, 3.8) is 0 Å². The highest BCUT2D eigenvalue weighted by molar-refractivity contribution is 5.85. The van der Waals surface area contributed by atoms with Crippen molar-refractivity contribution in [3.05, 3.63) is 35.9 Å². The monoisotopic (exact) mass is 365 g/mol. The highest BCUT2D eigenvalue weighted by Crippen LogP contribution is 2.22. The van der Waals surface area contributed by atoms with Crippen LogP contribution in [0.2, 0.25) is 0 Å². The van der Waals surface area contributed by atoms with E-state index in [1.807, 2.05) is 0 Å². The van der Waals surface area contributed by atoms with Gasteiger partial charge < -0.3 is 10.6 Å². The molecule has 140 valence electrons. The molecule has 3 rings (SSSR count). The van der Waals surface area contributed by atoms with E-state index in [2.05, 4.69) is 52.8 Å². The fourth-order valence-corrected chi connectivity index (χ4v) is 4.01. The SMILES string of the molecule is CC(NC(=O)CCC1CCCN1)C1CCN(Cc2ccccc2)C1.Cl. The van der Waals surface area contributed by atoms with Gasteiger partial charge in [-0.15, -0.1) is 12.4 Å². The molecule has 0 aliphatic carbocycles. The third-order valence-corrected chi connectivity index (χ3v) is 5.54. The lowest BCUT2D eigenvalue weighted by atomic mass is 10.00. The van der Waals surface area contributed by atoms with Gasteiger partial charge in [0.25, 0.3) is 0 Å². The van der Waals surface area contributed by atoms with Gasteiger partial charge in [0.1, 0.15) is 0 Å². The minimum absolute atomic E-state index is 0. The summed E-state index contributed by atoms with van der Waals surface area (Å²) in [5.41, 5.74) is 1.37. The van der Waals surface area contributed by atoms with Crippen molar-refractivity contribution in [1.82, 2.24) is 15.5 Å². The summed E-state index contributed by atoms with van der Waals surface area (Å²) in [7, 11) is 0. The molecule has 0 radical (unpaired) electrons. The average Bonchev–Trinajstić information content (AvgIpc) is 3.25. The van der Waals surface area contributed by atoms with Crippen molar-refractivity contribution in [2.75, 3.05) is 19.6 Å². The molecule has 25 heavy (non-hydrogen) atoms. The van der Waals surface area contributed by atoms with Gasteiger partial charge in [-0.3, -0.25) is 9.69 Å². The van der Waals surface area contributed by atoms with Gasteiger partial charge in [-0.05, 0) is 57.2 Å². The topological polar surface area (TPSA) is 44.4 Å². The van der Waals surface area contributed by atoms with E-state index in [0.717, 1.165) is 32.6 Å². The van der Waals surface area contributed by atoms with Crippen molar-refractivity contribution in [2.45, 2.75) is 57.7 Å². The standard InChI is InChI=1S/C20H31N3O.ClH/c1-16(22-20(24)10-9-19-8-5-12-21-19)18-11-13-23(15-18)14-17-6-3-2-4-7-17;/h2-4,6-7,16,18-19,21H,5,8-15H2,1H3,(H,22,24);1H. The molecular formula is C20H32ClN3O. The summed E-state index contributed by atoms with van der Waals surface area (Å²) in [4.78, 5) is 14.7. The van der Waals surface area contributed by atoms with E-state index >= 15 is 0 Å². The van der Waals surface area contributed by atoms with E-state index in [1.54, 1.807) is 0 Å². The third kappa shape index (κ3) is 6.28. The Balaban J connectivity index is 0.00000225. The van der Waals surface area contributed by atoms with Gasteiger partial charge in [0.2, 0.25) is 5.91 Å². The zero-order valence-corrected chi connectivity index (χ0v) is 16.1. The second-order valence-corrected chi connectivity index (χ2v) is 7.46. The summed E-state index contributed by atoms with van der Waals surface area (Å²) in [6.45, 7) is 6.52. The maximum atomic E-state index is 12.2. The number of hydrogen-bond acceptors (Lipinski definition) is 3. The number of benzene rings is 1. The number of carbonyl (C=O) groups excluding carboxylic acids is 1. The molecule has 2 aliphatic rings. The lowest BCUT2D eigenvalue weighted by molar-refractivity contribution is -0.122. The first-order valence-corrected chi connectivity index (χ1v) is 9.50. The number of amides is 1. The van der Waals surface area contributed by atoms with Crippen LogP contribution in [0, 0.1) is 5.92 Å². The number of likely N-dealkylation sites (tertiary alicyclic amines) is 1. The predicted octanol–water partition coefficient (Wildman–Crippen LogP) is 2.97. The lowest BCUT2D eigenvalue weighted by Crippen LogP contribution is -2.39. The zero-order chi connectivity index (χ0) is 16.8. The third-order valence-electron chi connectivity index (χ3n) is 5.54. The van der Waals surface area contributed by atoms with Crippen LogP contribution in [0.1, 0.15) is 44.6 Å². The van der Waals surface area contributed by atoms with E-state index in [9.17, 15) is 4.79 Å². The summed E-state index contributed by atoms with van der Waals surface area (Å²) in [6.07, 6.45) is 5.28. The van der Waals surface area contributed by atoms with Crippen LogP contribution in [-0.4, -0.2) is 42.5 Å². The quantitative estimate of drug-likeness (QED) is 0.780. The molecule has 2 saturated heterocycles. The molecule has 0 saturated carbocycles. The molecule has 0 aromatic heterocycles. The molecule has 2 aliphatic heterocycles. The van der Waals surface area contributed by atoms with E-state index < -0.39 is 0 Å². The second-order valence-electron chi connectivity index (χ2n) is 7.46. The number of carbonyl (C=O) groups is 1. The first kappa shape index (κ1) is 20.2. The van der Waals surface area contributed by atoms with Gasteiger partial charge in [-0.2, -0.15) is 0 Å². The van der Waals surface area contributed by atoms with Crippen LogP contribution in [0.25, 0.3) is 0 Å². The summed E-state index contributed by atoms with van der Waals surface area (Å²) in [5.74, 6) is 0.792. The summed E-state index contributed by atoms with van der Waals surface area (Å²) < 4.78 is 0. The van der Waals surface area contributed by atoms with Crippen molar-refractivity contribution in [2.24, 2.45) is 5.92 Å². The first-order chi connectivity index (χ1) is 11.7. The van der Waals surface area contributed by atoms with Crippen LogP contribution in [0.15, 0.2) is 30.3 Å². The average molecular weight is 366 g/mol. The minimum atomic E-state index is 0. The zero-order valence-electron chi connectivity index (χ0n) is 15.2. The molecule has 2 N–H and O–H groups in total. The molecule has 1 aromatic rings. The Kier molecular flexibility index (Phi) is 8.20. The molecule has 3 atom stereocenters. The van der Waals surface area contributed by atoms with Crippen molar-refractivity contribution in [3.8, 4) is 0 Å². The van der Waals surface area contributed by atoms with Crippen molar-refractivity contribution >= 4 is 18.3 Å². The predicted molar refractivity (Wildman–Crippen MR) is 105 cm³/mol. The highest BCUT2D eigenvalue weighted by Gasteiger charge is 2.28. The lowest BCUT2D eigenvalue weighted by Gasteiger charge is -2.22. The maximum Gasteiger partial charge on any atom is 0.220 e.